The highest BCUT2D eigenvalue weighted by Crippen LogP contribution is 2.21. The van der Waals surface area contributed by atoms with Crippen LogP contribution in [0.3, 0.4) is 0 Å². The lowest BCUT2D eigenvalue weighted by atomic mass is 10.0. The van der Waals surface area contributed by atoms with Crippen LogP contribution in [0.5, 0.6) is 0 Å². The third-order valence-corrected chi connectivity index (χ3v) is 4.37. The highest BCUT2D eigenvalue weighted by atomic mass is 35.5. The van der Waals surface area contributed by atoms with E-state index in [4.69, 9.17) is 16.7 Å². The van der Waals surface area contributed by atoms with E-state index in [9.17, 15) is 13.2 Å². The summed E-state index contributed by atoms with van der Waals surface area (Å²) < 4.78 is 26.0. The van der Waals surface area contributed by atoms with Crippen molar-refractivity contribution in [2.24, 2.45) is 12.2 Å². The number of aryl methyl sites for hydroxylation is 1. The van der Waals surface area contributed by atoms with Crippen LogP contribution < -0.4 is 9.86 Å². The van der Waals surface area contributed by atoms with E-state index in [2.05, 4.69) is 4.72 Å². The summed E-state index contributed by atoms with van der Waals surface area (Å²) in [5.41, 5.74) is 0.488. The molecule has 0 aliphatic carbocycles. The zero-order chi connectivity index (χ0) is 15.6. The van der Waals surface area contributed by atoms with Crippen molar-refractivity contribution in [1.29, 1.82) is 0 Å². The number of likely N-dealkylation sites (tertiary alicyclic amines) is 1. The van der Waals surface area contributed by atoms with Crippen molar-refractivity contribution in [3.8, 4) is 0 Å². The summed E-state index contributed by atoms with van der Waals surface area (Å²) in [7, 11) is -2.00. The Balaban J connectivity index is 2.14. The van der Waals surface area contributed by atoms with Crippen LogP contribution in [0.2, 0.25) is 5.02 Å². The molecule has 1 aromatic heterocycles. The number of piperidine rings is 1. The SMILES string of the molecule is Cn1cc(Cl)cc1C(=O)N1CCCCC1CNS(N)(=O)=O. The molecule has 9 heteroatoms. The van der Waals surface area contributed by atoms with E-state index < -0.39 is 10.2 Å². The molecule has 0 aromatic carbocycles. The molecule has 1 saturated heterocycles. The van der Waals surface area contributed by atoms with Gasteiger partial charge in [0.05, 0.1) is 5.02 Å². The van der Waals surface area contributed by atoms with Gasteiger partial charge in [0, 0.05) is 32.4 Å². The molecule has 1 aliphatic heterocycles. The lowest BCUT2D eigenvalue weighted by molar-refractivity contribution is 0.0609. The van der Waals surface area contributed by atoms with E-state index in [0.29, 0.717) is 17.3 Å². The average Bonchev–Trinajstić information content (AvgIpc) is 2.74. The van der Waals surface area contributed by atoms with Gasteiger partial charge in [-0.3, -0.25) is 4.79 Å². The summed E-state index contributed by atoms with van der Waals surface area (Å²) in [6.07, 6.45) is 4.26. The summed E-state index contributed by atoms with van der Waals surface area (Å²) in [6.45, 7) is 0.724. The second-order valence-electron chi connectivity index (χ2n) is 5.20. The first-order valence-electron chi connectivity index (χ1n) is 6.68. The Morgan fingerprint density at radius 3 is 2.81 bits per heavy atom. The van der Waals surface area contributed by atoms with Crippen molar-refractivity contribution in [3.63, 3.8) is 0 Å². The lowest BCUT2D eigenvalue weighted by Crippen LogP contribution is -2.50. The Bertz CT molecular complexity index is 628. The minimum absolute atomic E-state index is 0.128. The number of nitrogens with zero attached hydrogens (tertiary/aromatic N) is 2. The number of amides is 1. The zero-order valence-corrected chi connectivity index (χ0v) is 13.3. The molecule has 3 N–H and O–H groups in total. The molecule has 2 heterocycles. The third-order valence-electron chi connectivity index (χ3n) is 3.60. The molecule has 118 valence electrons. The predicted octanol–water partition coefficient (Wildman–Crippen LogP) is 0.466. The van der Waals surface area contributed by atoms with Gasteiger partial charge >= 0.3 is 0 Å². The molecule has 7 nitrogen and oxygen atoms in total. The quantitative estimate of drug-likeness (QED) is 0.837. The lowest BCUT2D eigenvalue weighted by Gasteiger charge is -2.35. The predicted molar refractivity (Wildman–Crippen MR) is 80.2 cm³/mol. The van der Waals surface area contributed by atoms with Crippen LogP contribution in [0, 0.1) is 0 Å². The molecule has 1 atom stereocenters. The van der Waals surface area contributed by atoms with E-state index in [-0.39, 0.29) is 18.5 Å². The van der Waals surface area contributed by atoms with Crippen molar-refractivity contribution in [1.82, 2.24) is 14.2 Å². The van der Waals surface area contributed by atoms with Crippen molar-refractivity contribution < 1.29 is 13.2 Å². The van der Waals surface area contributed by atoms with E-state index in [1.165, 1.54) is 0 Å². The number of hydrogen-bond acceptors (Lipinski definition) is 3. The van der Waals surface area contributed by atoms with Gasteiger partial charge in [0.25, 0.3) is 16.1 Å². The number of hydrogen-bond donors (Lipinski definition) is 2. The molecular formula is C12H19ClN4O3S. The molecule has 1 unspecified atom stereocenters. The molecule has 0 saturated carbocycles. The van der Waals surface area contributed by atoms with Gasteiger partial charge in [0.1, 0.15) is 5.69 Å². The molecule has 1 aliphatic rings. The molecule has 2 rings (SSSR count). The van der Waals surface area contributed by atoms with Gasteiger partial charge < -0.3 is 9.47 Å². The number of rotatable bonds is 4. The van der Waals surface area contributed by atoms with Gasteiger partial charge in [-0.2, -0.15) is 8.42 Å². The van der Waals surface area contributed by atoms with Gasteiger partial charge in [-0.05, 0) is 25.3 Å². The summed E-state index contributed by atoms with van der Waals surface area (Å²) in [5, 5.41) is 5.45. The first-order valence-corrected chi connectivity index (χ1v) is 8.60. The largest absolute Gasteiger partial charge is 0.345 e. The Labute approximate surface area is 129 Å². The maximum absolute atomic E-state index is 12.6. The number of nitrogens with one attached hydrogen (secondary N) is 1. The van der Waals surface area contributed by atoms with Crippen molar-refractivity contribution in [3.05, 3.63) is 23.0 Å². The number of carbonyl (C=O) groups is 1. The fourth-order valence-corrected chi connectivity index (χ4v) is 3.25. The maximum Gasteiger partial charge on any atom is 0.274 e. The molecule has 1 aromatic rings. The van der Waals surface area contributed by atoms with Crippen LogP contribution >= 0.6 is 11.6 Å². The molecule has 21 heavy (non-hydrogen) atoms. The first-order chi connectivity index (χ1) is 9.78. The number of aromatic nitrogens is 1. The monoisotopic (exact) mass is 334 g/mol. The van der Waals surface area contributed by atoms with Crippen molar-refractivity contribution in [2.45, 2.75) is 25.3 Å². The molecule has 0 radical (unpaired) electrons. The number of nitrogens with two attached hydrogens (primary N) is 1. The molecular weight excluding hydrogens is 316 g/mol. The molecule has 0 spiro atoms. The zero-order valence-electron chi connectivity index (χ0n) is 11.8. The first kappa shape index (κ1) is 16.3. The molecule has 0 bridgehead atoms. The van der Waals surface area contributed by atoms with Crippen molar-refractivity contribution >= 4 is 27.7 Å². The van der Waals surface area contributed by atoms with Gasteiger partial charge in [-0.25, -0.2) is 9.86 Å². The molecule has 1 amide bonds. The van der Waals surface area contributed by atoms with Gasteiger partial charge in [-0.15, -0.1) is 0 Å². The Kier molecular flexibility index (Phi) is 4.92. The summed E-state index contributed by atoms with van der Waals surface area (Å²) in [5.74, 6) is -0.148. The smallest absolute Gasteiger partial charge is 0.274 e. The van der Waals surface area contributed by atoms with Crippen LogP contribution in [0.25, 0.3) is 0 Å². The average molecular weight is 335 g/mol. The van der Waals surface area contributed by atoms with E-state index in [1.54, 1.807) is 28.8 Å². The van der Waals surface area contributed by atoms with Crippen LogP contribution in [0.4, 0.5) is 0 Å². The van der Waals surface area contributed by atoms with Crippen LogP contribution in [0.1, 0.15) is 29.8 Å². The fourth-order valence-electron chi connectivity index (χ4n) is 2.58. The second-order valence-corrected chi connectivity index (χ2v) is 7.01. The van der Waals surface area contributed by atoms with E-state index >= 15 is 0 Å². The van der Waals surface area contributed by atoms with Gasteiger partial charge in [0.2, 0.25) is 0 Å². The highest BCUT2D eigenvalue weighted by Gasteiger charge is 2.29. The Morgan fingerprint density at radius 1 is 1.52 bits per heavy atom. The third kappa shape index (κ3) is 4.19. The van der Waals surface area contributed by atoms with Crippen LogP contribution in [0.15, 0.2) is 12.3 Å². The standard InChI is InChI=1S/C12H19ClN4O3S/c1-16-8-9(13)6-11(16)12(18)17-5-3-2-4-10(17)7-15-21(14,19)20/h6,8,10,15H,2-5,7H2,1H3,(H2,14,19,20). The molecule has 1 fully saturated rings. The number of halogens is 1. The summed E-state index contributed by atoms with van der Waals surface area (Å²) in [4.78, 5) is 14.3. The fraction of sp³-hybridized carbons (Fsp3) is 0.583. The van der Waals surface area contributed by atoms with E-state index in [0.717, 1.165) is 19.3 Å². The highest BCUT2D eigenvalue weighted by molar-refractivity contribution is 7.87. The topological polar surface area (TPSA) is 97.4 Å². The van der Waals surface area contributed by atoms with E-state index in [1.807, 2.05) is 0 Å². The summed E-state index contributed by atoms with van der Waals surface area (Å²) >= 11 is 5.91. The van der Waals surface area contributed by atoms with Gasteiger partial charge in [0.15, 0.2) is 0 Å². The van der Waals surface area contributed by atoms with Crippen molar-refractivity contribution in [2.75, 3.05) is 13.1 Å². The number of carbonyl (C=O) groups excluding carboxylic acids is 1. The second kappa shape index (κ2) is 6.35. The summed E-state index contributed by atoms with van der Waals surface area (Å²) in [6, 6.07) is 1.42. The Hall–Kier alpha value is -1.09. The Morgan fingerprint density at radius 2 is 2.24 bits per heavy atom. The maximum atomic E-state index is 12.6. The van der Waals surface area contributed by atoms with Gasteiger partial charge in [-0.1, -0.05) is 11.6 Å². The normalized spacial score (nSPS) is 19.8. The minimum atomic E-state index is -3.76. The van der Waals surface area contributed by atoms with Crippen LogP contribution in [-0.2, 0) is 17.3 Å². The minimum Gasteiger partial charge on any atom is -0.345 e. The van der Waals surface area contributed by atoms with Crippen LogP contribution in [-0.4, -0.2) is 42.9 Å².